The molecule has 0 spiro atoms. The van der Waals surface area contributed by atoms with E-state index in [2.05, 4.69) is 22.1 Å². The lowest BCUT2D eigenvalue weighted by molar-refractivity contribution is 0.259. The molecule has 2 atom stereocenters. The lowest BCUT2D eigenvalue weighted by atomic mass is 9.87. The molecule has 0 radical (unpaired) electrons. The van der Waals surface area contributed by atoms with Crippen LogP contribution in [0.2, 0.25) is 0 Å². The molecule has 1 aliphatic rings. The molecule has 4 nitrogen and oxygen atoms in total. The van der Waals surface area contributed by atoms with Crippen LogP contribution in [0.5, 0.6) is 5.75 Å². The fourth-order valence-electron chi connectivity index (χ4n) is 2.68. The van der Waals surface area contributed by atoms with Gasteiger partial charge in [-0.3, -0.25) is 9.97 Å². The van der Waals surface area contributed by atoms with Crippen LogP contribution in [-0.2, 0) is 0 Å². The molecule has 1 aliphatic heterocycles. The van der Waals surface area contributed by atoms with Crippen LogP contribution in [-0.4, -0.2) is 16.6 Å². The molecule has 3 rings (SSSR count). The zero-order valence-electron chi connectivity index (χ0n) is 11.6. The van der Waals surface area contributed by atoms with Crippen molar-refractivity contribution in [3.8, 4) is 5.75 Å². The van der Waals surface area contributed by atoms with Crippen molar-refractivity contribution in [1.29, 1.82) is 0 Å². The molecular formula is C16H19N3O. The number of para-hydroxylation sites is 1. The van der Waals surface area contributed by atoms with Gasteiger partial charge in [0, 0.05) is 12.2 Å². The molecule has 2 N–H and O–H groups in total. The van der Waals surface area contributed by atoms with Gasteiger partial charge in [0.15, 0.2) is 0 Å². The molecule has 2 heterocycles. The molecule has 0 aliphatic carbocycles. The van der Waals surface area contributed by atoms with Crippen molar-refractivity contribution in [2.24, 2.45) is 5.73 Å². The molecule has 0 bridgehead atoms. The van der Waals surface area contributed by atoms with Gasteiger partial charge in [0.05, 0.1) is 24.2 Å². The molecule has 0 saturated carbocycles. The van der Waals surface area contributed by atoms with Gasteiger partial charge in [-0.25, -0.2) is 0 Å². The summed E-state index contributed by atoms with van der Waals surface area (Å²) in [6.07, 6.45) is 5.43. The molecule has 20 heavy (non-hydrogen) atoms. The number of nitrogens with zero attached hydrogens (tertiary/aromatic N) is 2. The summed E-state index contributed by atoms with van der Waals surface area (Å²) in [7, 11) is 0. The van der Waals surface area contributed by atoms with E-state index in [0.29, 0.717) is 5.92 Å². The van der Waals surface area contributed by atoms with Crippen molar-refractivity contribution >= 4 is 0 Å². The molecular weight excluding hydrogens is 250 g/mol. The molecule has 0 saturated heterocycles. The summed E-state index contributed by atoms with van der Waals surface area (Å²) in [6.45, 7) is 2.69. The number of aryl methyl sites for hydroxylation is 1. The summed E-state index contributed by atoms with van der Waals surface area (Å²) in [5, 5.41) is 0. The smallest absolute Gasteiger partial charge is 0.122 e. The topological polar surface area (TPSA) is 61.0 Å². The highest BCUT2D eigenvalue weighted by Gasteiger charge is 2.24. The third-order valence-corrected chi connectivity index (χ3v) is 3.80. The van der Waals surface area contributed by atoms with E-state index in [0.717, 1.165) is 36.6 Å². The first kappa shape index (κ1) is 13.1. The van der Waals surface area contributed by atoms with E-state index >= 15 is 0 Å². The molecule has 2 aromatic rings. The Labute approximate surface area is 119 Å². The maximum Gasteiger partial charge on any atom is 0.122 e. The number of aromatic nitrogens is 2. The zero-order valence-corrected chi connectivity index (χ0v) is 11.6. The second-order valence-electron chi connectivity index (χ2n) is 5.30. The number of fused-ring (bicyclic) bond motifs is 1. The van der Waals surface area contributed by atoms with Gasteiger partial charge in [-0.15, -0.1) is 0 Å². The van der Waals surface area contributed by atoms with Crippen molar-refractivity contribution < 1.29 is 4.74 Å². The first-order valence-electron chi connectivity index (χ1n) is 7.00. The Morgan fingerprint density at radius 1 is 1.30 bits per heavy atom. The van der Waals surface area contributed by atoms with Crippen molar-refractivity contribution in [3.05, 3.63) is 53.6 Å². The number of hydrogen-bond donors (Lipinski definition) is 1. The number of rotatable bonds is 3. The molecule has 4 heteroatoms. The predicted octanol–water partition coefficient (Wildman–Crippen LogP) is 2.74. The van der Waals surface area contributed by atoms with Crippen LogP contribution in [0.15, 0.2) is 36.7 Å². The van der Waals surface area contributed by atoms with Crippen LogP contribution >= 0.6 is 0 Å². The molecule has 1 aromatic heterocycles. The number of hydrogen-bond acceptors (Lipinski definition) is 4. The minimum absolute atomic E-state index is 0.0840. The van der Waals surface area contributed by atoms with E-state index in [4.69, 9.17) is 10.5 Å². The average molecular weight is 269 g/mol. The van der Waals surface area contributed by atoms with Gasteiger partial charge in [-0.05, 0) is 37.3 Å². The van der Waals surface area contributed by atoms with Gasteiger partial charge < -0.3 is 10.5 Å². The third kappa shape index (κ3) is 2.65. The van der Waals surface area contributed by atoms with Gasteiger partial charge in [0.1, 0.15) is 5.75 Å². The van der Waals surface area contributed by atoms with Crippen LogP contribution in [0.4, 0.5) is 0 Å². The largest absolute Gasteiger partial charge is 0.493 e. The molecule has 0 amide bonds. The number of nitrogens with two attached hydrogens (primary N) is 1. The van der Waals surface area contributed by atoms with E-state index in [1.807, 2.05) is 19.1 Å². The van der Waals surface area contributed by atoms with E-state index in [1.165, 1.54) is 5.56 Å². The standard InChI is InChI=1S/C16H19N3O/c1-11-9-19-15(10-18-11)14(17)8-12-6-7-20-16-5-3-2-4-13(12)16/h2-5,9-10,12,14H,6-8,17H2,1H3. The lowest BCUT2D eigenvalue weighted by Crippen LogP contribution is -2.20. The Morgan fingerprint density at radius 2 is 2.15 bits per heavy atom. The van der Waals surface area contributed by atoms with E-state index in [-0.39, 0.29) is 6.04 Å². The predicted molar refractivity (Wildman–Crippen MR) is 77.6 cm³/mol. The summed E-state index contributed by atoms with van der Waals surface area (Å²) in [4.78, 5) is 8.65. The van der Waals surface area contributed by atoms with Gasteiger partial charge >= 0.3 is 0 Å². The Kier molecular flexibility index (Phi) is 3.65. The van der Waals surface area contributed by atoms with Crippen LogP contribution in [0.25, 0.3) is 0 Å². The summed E-state index contributed by atoms with van der Waals surface area (Å²) in [5.74, 6) is 1.42. The zero-order chi connectivity index (χ0) is 13.9. The number of ether oxygens (including phenoxy) is 1. The normalized spacial score (nSPS) is 19.0. The summed E-state index contributed by atoms with van der Waals surface area (Å²) < 4.78 is 5.69. The molecule has 1 aromatic carbocycles. The lowest BCUT2D eigenvalue weighted by Gasteiger charge is -2.27. The highest BCUT2D eigenvalue weighted by atomic mass is 16.5. The molecule has 0 fully saturated rings. The van der Waals surface area contributed by atoms with Gasteiger partial charge in [0.25, 0.3) is 0 Å². The van der Waals surface area contributed by atoms with Crippen LogP contribution in [0, 0.1) is 6.92 Å². The highest BCUT2D eigenvalue weighted by molar-refractivity contribution is 5.37. The minimum atomic E-state index is -0.0840. The first-order valence-corrected chi connectivity index (χ1v) is 7.00. The Bertz CT molecular complexity index is 583. The summed E-state index contributed by atoms with van der Waals surface area (Å²) in [6, 6.07) is 8.13. The van der Waals surface area contributed by atoms with Gasteiger partial charge in [-0.2, -0.15) is 0 Å². The monoisotopic (exact) mass is 269 g/mol. The van der Waals surface area contributed by atoms with Crippen LogP contribution < -0.4 is 10.5 Å². The van der Waals surface area contributed by atoms with Crippen molar-refractivity contribution in [2.45, 2.75) is 31.7 Å². The van der Waals surface area contributed by atoms with Crippen molar-refractivity contribution in [2.75, 3.05) is 6.61 Å². The fourth-order valence-corrected chi connectivity index (χ4v) is 2.68. The first-order chi connectivity index (χ1) is 9.74. The van der Waals surface area contributed by atoms with E-state index in [9.17, 15) is 0 Å². The van der Waals surface area contributed by atoms with Gasteiger partial charge in [0.2, 0.25) is 0 Å². The van der Waals surface area contributed by atoms with E-state index in [1.54, 1.807) is 12.4 Å². The third-order valence-electron chi connectivity index (χ3n) is 3.80. The Morgan fingerprint density at radius 3 is 2.95 bits per heavy atom. The van der Waals surface area contributed by atoms with E-state index < -0.39 is 0 Å². The Hall–Kier alpha value is -1.94. The second-order valence-corrected chi connectivity index (χ2v) is 5.30. The Balaban J connectivity index is 1.77. The molecule has 2 unspecified atom stereocenters. The van der Waals surface area contributed by atoms with Crippen LogP contribution in [0.3, 0.4) is 0 Å². The van der Waals surface area contributed by atoms with Crippen molar-refractivity contribution in [3.63, 3.8) is 0 Å². The fraction of sp³-hybridized carbons (Fsp3) is 0.375. The summed E-state index contributed by atoms with van der Waals surface area (Å²) in [5.41, 5.74) is 9.32. The maximum atomic E-state index is 6.29. The summed E-state index contributed by atoms with van der Waals surface area (Å²) >= 11 is 0. The van der Waals surface area contributed by atoms with Crippen molar-refractivity contribution in [1.82, 2.24) is 9.97 Å². The second kappa shape index (κ2) is 5.59. The number of benzene rings is 1. The minimum Gasteiger partial charge on any atom is -0.493 e. The van der Waals surface area contributed by atoms with Crippen LogP contribution in [0.1, 0.15) is 41.8 Å². The SMILES string of the molecule is Cc1cnc(C(N)CC2CCOc3ccccc32)cn1. The van der Waals surface area contributed by atoms with Gasteiger partial charge in [-0.1, -0.05) is 18.2 Å². The quantitative estimate of drug-likeness (QED) is 0.930. The highest BCUT2D eigenvalue weighted by Crippen LogP contribution is 2.37. The maximum absolute atomic E-state index is 6.29. The molecule has 104 valence electrons. The average Bonchev–Trinajstić information content (AvgIpc) is 2.48.